The fourth-order valence-electron chi connectivity index (χ4n) is 2.84. The summed E-state index contributed by atoms with van der Waals surface area (Å²) in [4.78, 5) is 24.4. The van der Waals surface area contributed by atoms with Gasteiger partial charge in [0.25, 0.3) is 5.24 Å². The number of carbonyl (C=O) groups is 2. The van der Waals surface area contributed by atoms with Crippen molar-refractivity contribution in [3.8, 4) is 5.75 Å². The molecule has 122 valence electrons. The maximum Gasteiger partial charge on any atom is 0.314 e. The van der Waals surface area contributed by atoms with E-state index in [2.05, 4.69) is 21.2 Å². The molecule has 1 heterocycles. The summed E-state index contributed by atoms with van der Waals surface area (Å²) in [7, 11) is 0. The lowest BCUT2D eigenvalue weighted by Gasteiger charge is -2.20. The van der Waals surface area contributed by atoms with Crippen molar-refractivity contribution < 1.29 is 14.3 Å². The molecule has 3 rings (SSSR count). The third-order valence-corrected chi connectivity index (χ3v) is 5.54. The van der Waals surface area contributed by atoms with Gasteiger partial charge >= 0.3 is 5.97 Å². The van der Waals surface area contributed by atoms with Crippen molar-refractivity contribution in [1.29, 1.82) is 0 Å². The fourth-order valence-corrected chi connectivity index (χ4v) is 4.04. The molecule has 0 bridgehead atoms. The Kier molecular flexibility index (Phi) is 5.43. The number of thioether (sulfide) groups is 1. The predicted octanol–water partition coefficient (Wildman–Crippen LogP) is 4.73. The molecule has 1 aromatic carbocycles. The normalized spacial score (nSPS) is 20.6. The molecule has 1 saturated carbocycles. The van der Waals surface area contributed by atoms with Crippen molar-refractivity contribution in [2.45, 2.75) is 32.1 Å². The number of hydrogen-bond acceptors (Lipinski definition) is 4. The molecule has 1 aliphatic heterocycles. The Morgan fingerprint density at radius 2 is 2.09 bits per heavy atom. The van der Waals surface area contributed by atoms with Crippen molar-refractivity contribution in [1.82, 2.24) is 5.32 Å². The first-order chi connectivity index (χ1) is 11.1. The number of rotatable bonds is 3. The van der Waals surface area contributed by atoms with E-state index < -0.39 is 0 Å². The number of nitrogens with one attached hydrogen (secondary N) is 1. The summed E-state index contributed by atoms with van der Waals surface area (Å²) < 4.78 is 6.30. The van der Waals surface area contributed by atoms with E-state index in [0.29, 0.717) is 12.3 Å². The van der Waals surface area contributed by atoms with Gasteiger partial charge in [0.15, 0.2) is 0 Å². The van der Waals surface area contributed by atoms with Gasteiger partial charge in [-0.15, -0.1) is 0 Å². The Bertz CT molecular complexity index is 653. The SMILES string of the molecule is O=C1NC/C(=C/c2ccc(OC(=O)C3CCCCC3)c(Br)c2)S1. The van der Waals surface area contributed by atoms with Crippen molar-refractivity contribution in [3.05, 3.63) is 33.1 Å². The summed E-state index contributed by atoms with van der Waals surface area (Å²) in [5.74, 6) is 0.457. The van der Waals surface area contributed by atoms with E-state index >= 15 is 0 Å². The minimum absolute atomic E-state index is 0.0200. The van der Waals surface area contributed by atoms with Crippen LogP contribution in [0.1, 0.15) is 37.7 Å². The van der Waals surface area contributed by atoms with Crippen LogP contribution in [0, 0.1) is 5.92 Å². The quantitative estimate of drug-likeness (QED) is 0.593. The van der Waals surface area contributed by atoms with Crippen LogP contribution < -0.4 is 10.1 Å². The van der Waals surface area contributed by atoms with Crippen LogP contribution in [0.5, 0.6) is 5.75 Å². The van der Waals surface area contributed by atoms with Crippen LogP contribution in [0.2, 0.25) is 0 Å². The van der Waals surface area contributed by atoms with Crippen LogP contribution in [0.25, 0.3) is 6.08 Å². The molecule has 23 heavy (non-hydrogen) atoms. The average molecular weight is 396 g/mol. The summed E-state index contributed by atoms with van der Waals surface area (Å²) in [5.41, 5.74) is 0.966. The van der Waals surface area contributed by atoms with Gasteiger partial charge < -0.3 is 10.1 Å². The van der Waals surface area contributed by atoms with Gasteiger partial charge in [-0.1, -0.05) is 25.3 Å². The largest absolute Gasteiger partial charge is 0.425 e. The summed E-state index contributed by atoms with van der Waals surface area (Å²) in [5, 5.41) is 2.73. The van der Waals surface area contributed by atoms with Gasteiger partial charge in [0, 0.05) is 4.91 Å². The first-order valence-electron chi connectivity index (χ1n) is 7.79. The number of ether oxygens (including phenoxy) is 1. The second-order valence-corrected chi connectivity index (χ2v) is 7.75. The zero-order chi connectivity index (χ0) is 16.2. The smallest absolute Gasteiger partial charge is 0.314 e. The molecule has 0 radical (unpaired) electrons. The molecular formula is C17H18BrNO3S. The fraction of sp³-hybridized carbons (Fsp3) is 0.412. The molecule has 1 saturated heterocycles. The van der Waals surface area contributed by atoms with Gasteiger partial charge in [0.1, 0.15) is 5.75 Å². The van der Waals surface area contributed by atoms with Gasteiger partial charge in [-0.05, 0) is 64.3 Å². The highest BCUT2D eigenvalue weighted by molar-refractivity contribution is 9.10. The molecule has 1 N–H and O–H groups in total. The molecule has 0 aromatic heterocycles. The van der Waals surface area contributed by atoms with E-state index in [4.69, 9.17) is 4.74 Å². The molecule has 4 nitrogen and oxygen atoms in total. The maximum absolute atomic E-state index is 12.2. The van der Waals surface area contributed by atoms with Gasteiger partial charge in [-0.25, -0.2) is 0 Å². The third kappa shape index (κ3) is 4.38. The summed E-state index contributed by atoms with van der Waals surface area (Å²) in [6.07, 6.45) is 7.25. The van der Waals surface area contributed by atoms with E-state index in [0.717, 1.165) is 40.6 Å². The van der Waals surface area contributed by atoms with Gasteiger partial charge in [0.05, 0.1) is 16.9 Å². The lowest BCUT2D eigenvalue weighted by Crippen LogP contribution is -2.22. The number of hydrogen-bond donors (Lipinski definition) is 1. The maximum atomic E-state index is 12.2. The lowest BCUT2D eigenvalue weighted by molar-refractivity contribution is -0.140. The second kappa shape index (κ2) is 7.53. The molecule has 1 aliphatic carbocycles. The minimum Gasteiger partial charge on any atom is -0.425 e. The highest BCUT2D eigenvalue weighted by atomic mass is 79.9. The standard InChI is InChI=1S/C17H18BrNO3S/c18-14-9-11(8-13-10-19-17(21)23-13)6-7-15(14)22-16(20)12-4-2-1-3-5-12/h6-9,12H,1-5,10H2,(H,19,21)/b13-8-. The third-order valence-electron chi connectivity index (χ3n) is 4.06. The molecule has 2 fully saturated rings. The summed E-state index contributed by atoms with van der Waals surface area (Å²) >= 11 is 4.68. The van der Waals surface area contributed by atoms with Crippen LogP contribution in [-0.2, 0) is 4.79 Å². The van der Waals surface area contributed by atoms with E-state index in [-0.39, 0.29) is 17.1 Å². The highest BCUT2D eigenvalue weighted by Crippen LogP contribution is 2.31. The number of carbonyl (C=O) groups excluding carboxylic acids is 2. The van der Waals surface area contributed by atoms with Crippen LogP contribution in [0.15, 0.2) is 27.6 Å². The Hall–Kier alpha value is -1.27. The van der Waals surface area contributed by atoms with Gasteiger partial charge in [0.2, 0.25) is 0 Å². The highest BCUT2D eigenvalue weighted by Gasteiger charge is 2.23. The van der Waals surface area contributed by atoms with E-state index in [9.17, 15) is 9.59 Å². The Balaban J connectivity index is 1.67. The molecular weight excluding hydrogens is 378 g/mol. The number of benzene rings is 1. The van der Waals surface area contributed by atoms with Crippen molar-refractivity contribution in [2.24, 2.45) is 5.92 Å². The summed E-state index contributed by atoms with van der Waals surface area (Å²) in [6.45, 7) is 0.569. The number of amides is 1. The van der Waals surface area contributed by atoms with Crippen LogP contribution >= 0.6 is 27.7 Å². The number of esters is 1. The molecule has 1 amide bonds. The number of halogens is 1. The van der Waals surface area contributed by atoms with Crippen LogP contribution in [0.4, 0.5) is 4.79 Å². The van der Waals surface area contributed by atoms with Crippen molar-refractivity contribution >= 4 is 45.0 Å². The van der Waals surface area contributed by atoms with E-state index in [1.807, 2.05) is 18.2 Å². The Labute approximate surface area is 148 Å². The molecule has 0 atom stereocenters. The Morgan fingerprint density at radius 3 is 2.74 bits per heavy atom. The summed E-state index contributed by atoms with van der Waals surface area (Å²) in [6, 6.07) is 5.59. The molecule has 2 aliphatic rings. The monoisotopic (exact) mass is 395 g/mol. The first kappa shape index (κ1) is 16.6. The minimum atomic E-state index is -0.127. The topological polar surface area (TPSA) is 55.4 Å². The van der Waals surface area contributed by atoms with E-state index in [1.165, 1.54) is 18.2 Å². The Morgan fingerprint density at radius 1 is 1.30 bits per heavy atom. The van der Waals surface area contributed by atoms with Crippen LogP contribution in [-0.4, -0.2) is 17.8 Å². The molecule has 1 aromatic rings. The zero-order valence-corrected chi connectivity index (χ0v) is 15.0. The van der Waals surface area contributed by atoms with Gasteiger partial charge in [-0.2, -0.15) is 0 Å². The molecule has 6 heteroatoms. The molecule has 0 unspecified atom stereocenters. The second-order valence-electron chi connectivity index (χ2n) is 5.80. The van der Waals surface area contributed by atoms with Crippen molar-refractivity contribution in [2.75, 3.05) is 6.54 Å². The molecule has 0 spiro atoms. The van der Waals surface area contributed by atoms with E-state index in [1.54, 1.807) is 6.07 Å². The predicted molar refractivity (Wildman–Crippen MR) is 95.3 cm³/mol. The first-order valence-corrected chi connectivity index (χ1v) is 9.40. The average Bonchev–Trinajstić information content (AvgIpc) is 2.96. The van der Waals surface area contributed by atoms with Crippen molar-refractivity contribution in [3.63, 3.8) is 0 Å². The zero-order valence-electron chi connectivity index (χ0n) is 12.6. The lowest BCUT2D eigenvalue weighted by atomic mass is 9.89. The van der Waals surface area contributed by atoms with Crippen LogP contribution in [0.3, 0.4) is 0 Å². The van der Waals surface area contributed by atoms with Gasteiger partial charge in [-0.3, -0.25) is 9.59 Å².